The predicted molar refractivity (Wildman–Crippen MR) is 68.4 cm³/mol. The maximum absolute atomic E-state index is 12.2. The highest BCUT2D eigenvalue weighted by atomic mass is 16.4. The van der Waals surface area contributed by atoms with Crippen LogP contribution in [0.4, 0.5) is 0 Å². The lowest BCUT2D eigenvalue weighted by molar-refractivity contribution is -0.125. The van der Waals surface area contributed by atoms with E-state index in [0.717, 1.165) is 32.5 Å². The molecule has 0 spiro atoms. The van der Waals surface area contributed by atoms with Crippen LogP contribution < -0.4 is 11.1 Å². The minimum Gasteiger partial charge on any atom is -0.409 e. The van der Waals surface area contributed by atoms with E-state index in [1.165, 1.54) is 0 Å². The van der Waals surface area contributed by atoms with E-state index in [2.05, 4.69) is 22.3 Å². The van der Waals surface area contributed by atoms with E-state index >= 15 is 0 Å². The number of nitrogens with two attached hydrogens (primary N) is 1. The van der Waals surface area contributed by atoms with E-state index in [9.17, 15) is 4.79 Å². The molecule has 18 heavy (non-hydrogen) atoms. The number of likely N-dealkylation sites (N-methyl/N-ethyl adjacent to an activating group) is 1. The van der Waals surface area contributed by atoms with Crippen LogP contribution in [0, 0.1) is 5.41 Å². The zero-order chi connectivity index (χ0) is 13.2. The first-order valence-corrected chi connectivity index (χ1v) is 6.63. The normalized spacial score (nSPS) is 27.8. The lowest BCUT2D eigenvalue weighted by Gasteiger charge is -2.33. The van der Waals surface area contributed by atoms with Gasteiger partial charge in [-0.05, 0) is 38.8 Å². The summed E-state index contributed by atoms with van der Waals surface area (Å²) in [6, 6.07) is 0.190. The van der Waals surface area contributed by atoms with Gasteiger partial charge in [-0.2, -0.15) is 0 Å². The Kier molecular flexibility index (Phi) is 3.75. The van der Waals surface area contributed by atoms with Gasteiger partial charge in [0.2, 0.25) is 5.91 Å². The Labute approximate surface area is 107 Å². The largest absolute Gasteiger partial charge is 0.409 e. The van der Waals surface area contributed by atoms with E-state index in [-0.39, 0.29) is 17.8 Å². The van der Waals surface area contributed by atoms with Crippen molar-refractivity contribution in [3.63, 3.8) is 0 Å². The maximum atomic E-state index is 12.2. The van der Waals surface area contributed by atoms with Gasteiger partial charge >= 0.3 is 0 Å². The third-order valence-electron chi connectivity index (χ3n) is 4.07. The molecule has 2 fully saturated rings. The first-order chi connectivity index (χ1) is 8.62. The van der Waals surface area contributed by atoms with Gasteiger partial charge < -0.3 is 21.2 Å². The fourth-order valence-corrected chi connectivity index (χ4v) is 2.60. The molecule has 2 aliphatic rings. The highest BCUT2D eigenvalue weighted by molar-refractivity contribution is 6.09. The SMILES string of the molecule is CCN1CCCC(NC(=O)C2(C(N)=NO)CC2)C1. The van der Waals surface area contributed by atoms with Gasteiger partial charge in [0.15, 0.2) is 5.84 Å². The van der Waals surface area contributed by atoms with Gasteiger partial charge in [0, 0.05) is 12.6 Å². The molecule has 0 aromatic rings. The second-order valence-electron chi connectivity index (χ2n) is 5.27. The van der Waals surface area contributed by atoms with Gasteiger partial charge in [-0.15, -0.1) is 0 Å². The van der Waals surface area contributed by atoms with Gasteiger partial charge in [-0.3, -0.25) is 4.79 Å². The summed E-state index contributed by atoms with van der Waals surface area (Å²) >= 11 is 0. The minimum absolute atomic E-state index is 0.0446. The van der Waals surface area contributed by atoms with Crippen LogP contribution >= 0.6 is 0 Å². The first kappa shape index (κ1) is 13.1. The summed E-state index contributed by atoms with van der Waals surface area (Å²) in [5, 5.41) is 14.8. The fraction of sp³-hybridized carbons (Fsp3) is 0.833. The molecule has 0 radical (unpaired) electrons. The molecule has 1 heterocycles. The van der Waals surface area contributed by atoms with Crippen LogP contribution in [0.2, 0.25) is 0 Å². The van der Waals surface area contributed by atoms with Crippen molar-refractivity contribution in [3.05, 3.63) is 0 Å². The number of hydrogen-bond acceptors (Lipinski definition) is 4. The lowest BCUT2D eigenvalue weighted by atomic mass is 10.0. The molecule has 0 aromatic carbocycles. The van der Waals surface area contributed by atoms with Crippen molar-refractivity contribution < 1.29 is 10.0 Å². The van der Waals surface area contributed by atoms with Gasteiger partial charge in [-0.25, -0.2) is 0 Å². The summed E-state index contributed by atoms with van der Waals surface area (Å²) in [7, 11) is 0. The topological polar surface area (TPSA) is 91.0 Å². The second kappa shape index (κ2) is 5.14. The molecule has 102 valence electrons. The second-order valence-corrected chi connectivity index (χ2v) is 5.27. The maximum Gasteiger partial charge on any atom is 0.234 e. The van der Waals surface area contributed by atoms with Crippen molar-refractivity contribution in [2.24, 2.45) is 16.3 Å². The number of oxime groups is 1. The molecule has 1 saturated heterocycles. The third-order valence-corrected chi connectivity index (χ3v) is 4.07. The molecule has 1 saturated carbocycles. The third kappa shape index (κ3) is 2.43. The molecule has 2 rings (SSSR count). The molecule has 0 bridgehead atoms. The monoisotopic (exact) mass is 254 g/mol. The summed E-state index contributed by atoms with van der Waals surface area (Å²) < 4.78 is 0. The Bertz CT molecular complexity index is 352. The number of piperidine rings is 1. The number of hydrogen-bond donors (Lipinski definition) is 3. The number of carbonyl (C=O) groups excluding carboxylic acids is 1. The highest BCUT2D eigenvalue weighted by Gasteiger charge is 2.54. The molecule has 6 nitrogen and oxygen atoms in total. The Morgan fingerprint density at radius 2 is 2.33 bits per heavy atom. The van der Waals surface area contributed by atoms with Crippen LogP contribution in [0.25, 0.3) is 0 Å². The summed E-state index contributed by atoms with van der Waals surface area (Å²) in [6.07, 6.45) is 3.47. The van der Waals surface area contributed by atoms with E-state index in [0.29, 0.717) is 12.8 Å². The van der Waals surface area contributed by atoms with Crippen molar-refractivity contribution in [1.82, 2.24) is 10.2 Å². The number of amidine groups is 1. The van der Waals surface area contributed by atoms with Gasteiger partial charge in [0.05, 0.1) is 0 Å². The lowest BCUT2D eigenvalue weighted by Crippen LogP contribution is -2.51. The first-order valence-electron chi connectivity index (χ1n) is 6.63. The van der Waals surface area contributed by atoms with Crippen LogP contribution in [-0.2, 0) is 4.79 Å². The number of likely N-dealkylation sites (tertiary alicyclic amines) is 1. The van der Waals surface area contributed by atoms with E-state index in [1.807, 2.05) is 0 Å². The van der Waals surface area contributed by atoms with Crippen LogP contribution in [-0.4, -0.2) is 47.5 Å². The van der Waals surface area contributed by atoms with Crippen molar-refractivity contribution in [1.29, 1.82) is 0 Å². The summed E-state index contributed by atoms with van der Waals surface area (Å²) in [5.41, 5.74) is 4.87. The standard InChI is InChI=1S/C12H22N4O2/c1-2-16-7-3-4-9(8-16)14-11(17)12(5-6-12)10(13)15-18/h9,18H,2-8H2,1H3,(H2,13,15)(H,14,17). The Morgan fingerprint density at radius 1 is 1.61 bits per heavy atom. The van der Waals surface area contributed by atoms with Gasteiger partial charge in [-0.1, -0.05) is 12.1 Å². The molecule has 1 aliphatic heterocycles. The summed E-state index contributed by atoms with van der Waals surface area (Å²) in [4.78, 5) is 14.5. The van der Waals surface area contributed by atoms with E-state index in [1.54, 1.807) is 0 Å². The molecular weight excluding hydrogens is 232 g/mol. The average Bonchev–Trinajstić information content (AvgIpc) is 3.19. The number of amides is 1. The van der Waals surface area contributed by atoms with Crippen LogP contribution in [0.15, 0.2) is 5.16 Å². The van der Waals surface area contributed by atoms with Crippen molar-refractivity contribution >= 4 is 11.7 Å². The number of rotatable bonds is 4. The minimum atomic E-state index is -0.733. The van der Waals surface area contributed by atoms with Crippen LogP contribution in [0.3, 0.4) is 0 Å². The predicted octanol–water partition coefficient (Wildman–Crippen LogP) is 0.114. The molecular formula is C12H22N4O2. The number of carbonyl (C=O) groups is 1. The number of nitrogens with one attached hydrogen (secondary N) is 1. The van der Waals surface area contributed by atoms with Crippen molar-refractivity contribution in [2.45, 2.75) is 38.6 Å². The Balaban J connectivity index is 1.92. The molecule has 0 aromatic heterocycles. The molecule has 6 heteroatoms. The number of nitrogens with zero attached hydrogens (tertiary/aromatic N) is 2. The van der Waals surface area contributed by atoms with E-state index < -0.39 is 5.41 Å². The van der Waals surface area contributed by atoms with Crippen LogP contribution in [0.1, 0.15) is 32.6 Å². The molecule has 1 amide bonds. The smallest absolute Gasteiger partial charge is 0.234 e. The molecule has 1 aliphatic carbocycles. The highest BCUT2D eigenvalue weighted by Crippen LogP contribution is 2.46. The van der Waals surface area contributed by atoms with E-state index in [4.69, 9.17) is 10.9 Å². The fourth-order valence-electron chi connectivity index (χ4n) is 2.60. The summed E-state index contributed by atoms with van der Waals surface area (Å²) in [6.45, 7) is 5.14. The molecule has 4 N–H and O–H groups in total. The Hall–Kier alpha value is -1.30. The molecule has 1 unspecified atom stereocenters. The average molecular weight is 254 g/mol. The molecule has 1 atom stereocenters. The Morgan fingerprint density at radius 3 is 2.89 bits per heavy atom. The zero-order valence-electron chi connectivity index (χ0n) is 10.9. The summed E-state index contributed by atoms with van der Waals surface area (Å²) in [5.74, 6) is -0.0380. The van der Waals surface area contributed by atoms with Gasteiger partial charge in [0.1, 0.15) is 5.41 Å². The quantitative estimate of drug-likeness (QED) is 0.287. The zero-order valence-corrected chi connectivity index (χ0v) is 10.9. The van der Waals surface area contributed by atoms with Crippen molar-refractivity contribution in [2.75, 3.05) is 19.6 Å². The van der Waals surface area contributed by atoms with Crippen LogP contribution in [0.5, 0.6) is 0 Å². The van der Waals surface area contributed by atoms with Crippen molar-refractivity contribution in [3.8, 4) is 0 Å². The van der Waals surface area contributed by atoms with Gasteiger partial charge in [0.25, 0.3) is 0 Å².